The molecule has 1 N–H and O–H groups in total. The second-order valence-electron chi connectivity index (χ2n) is 7.09. The third-order valence-electron chi connectivity index (χ3n) is 4.96. The highest BCUT2D eigenvalue weighted by Crippen LogP contribution is 2.21. The van der Waals surface area contributed by atoms with Crippen LogP contribution in [0.25, 0.3) is 0 Å². The Kier molecular flexibility index (Phi) is 5.71. The Morgan fingerprint density at radius 3 is 2.29 bits per heavy atom. The molecule has 0 aromatic heterocycles. The molecule has 2 fully saturated rings. The number of amides is 4. The second kappa shape index (κ2) is 7.88. The Morgan fingerprint density at radius 1 is 1.11 bits per heavy atom. The number of carbonyl (C=O) groups excluding carboxylic acids is 3. The number of urea groups is 1. The summed E-state index contributed by atoms with van der Waals surface area (Å²) < 4.78 is 25.8. The third-order valence-corrected chi connectivity index (χ3v) is 7.24. The van der Waals surface area contributed by atoms with Crippen LogP contribution in [0.2, 0.25) is 0 Å². The molecule has 0 saturated carbocycles. The third kappa shape index (κ3) is 3.88. The van der Waals surface area contributed by atoms with Gasteiger partial charge in [-0.05, 0) is 26.0 Å². The Hall–Kier alpha value is -2.46. The zero-order valence-electron chi connectivity index (χ0n) is 15.9. The quantitative estimate of drug-likeness (QED) is 0.709. The maximum Gasteiger partial charge on any atom is 0.329 e. The van der Waals surface area contributed by atoms with E-state index >= 15 is 0 Å². The van der Waals surface area contributed by atoms with Crippen LogP contribution < -0.4 is 10.2 Å². The van der Waals surface area contributed by atoms with Gasteiger partial charge in [0.25, 0.3) is 5.91 Å². The molecule has 28 heavy (non-hydrogen) atoms. The first-order valence-electron chi connectivity index (χ1n) is 9.18. The number of anilines is 1. The number of hydrogen-bond acceptors (Lipinski definition) is 5. The summed E-state index contributed by atoms with van der Waals surface area (Å²) >= 11 is 0. The van der Waals surface area contributed by atoms with Crippen LogP contribution in [0.15, 0.2) is 30.3 Å². The van der Waals surface area contributed by atoms with Crippen LogP contribution in [0.5, 0.6) is 0 Å². The zero-order chi connectivity index (χ0) is 20.5. The SMILES string of the molecule is CC(C)S(=O)(=O)N1CCN(C(=O)C[C@H]2NC(=O)N(c3ccccc3)C2=O)CC1. The fourth-order valence-corrected chi connectivity index (χ4v) is 4.55. The Bertz CT molecular complexity index is 863. The first kappa shape index (κ1) is 20.3. The monoisotopic (exact) mass is 408 g/mol. The van der Waals surface area contributed by atoms with Crippen molar-refractivity contribution in [3.63, 3.8) is 0 Å². The normalized spacial score (nSPS) is 21.3. The van der Waals surface area contributed by atoms with Crippen molar-refractivity contribution >= 4 is 33.6 Å². The standard InChI is InChI=1S/C18H24N4O5S/c1-13(2)28(26,27)21-10-8-20(9-11-21)16(23)12-15-17(24)22(18(25)19-15)14-6-4-3-5-7-14/h3-7,13,15H,8-12H2,1-2H3,(H,19,25)/t15-/m1/s1. The van der Waals surface area contributed by atoms with Gasteiger partial charge in [-0.1, -0.05) is 18.2 Å². The minimum absolute atomic E-state index is 0.148. The van der Waals surface area contributed by atoms with Gasteiger partial charge in [0.1, 0.15) is 6.04 Å². The summed E-state index contributed by atoms with van der Waals surface area (Å²) in [6.07, 6.45) is -0.148. The lowest BCUT2D eigenvalue weighted by molar-refractivity contribution is -0.134. The number of nitrogens with zero attached hydrogens (tertiary/aromatic N) is 3. The van der Waals surface area contributed by atoms with Crippen LogP contribution in [0.3, 0.4) is 0 Å². The van der Waals surface area contributed by atoms with Crippen molar-refractivity contribution in [1.82, 2.24) is 14.5 Å². The summed E-state index contributed by atoms with van der Waals surface area (Å²) in [6.45, 7) is 4.24. The predicted molar refractivity (Wildman–Crippen MR) is 103 cm³/mol. The van der Waals surface area contributed by atoms with E-state index in [-0.39, 0.29) is 38.5 Å². The molecule has 2 aliphatic rings. The molecule has 10 heteroatoms. The fourth-order valence-electron chi connectivity index (χ4n) is 3.28. The topological polar surface area (TPSA) is 107 Å². The lowest BCUT2D eigenvalue weighted by Gasteiger charge is -2.35. The molecule has 9 nitrogen and oxygen atoms in total. The van der Waals surface area contributed by atoms with Crippen LogP contribution in [-0.2, 0) is 19.6 Å². The second-order valence-corrected chi connectivity index (χ2v) is 9.58. The van der Waals surface area contributed by atoms with Crippen LogP contribution in [-0.4, -0.2) is 72.9 Å². The molecule has 1 aromatic rings. The summed E-state index contributed by atoms with van der Waals surface area (Å²) in [5.41, 5.74) is 0.451. The molecule has 0 aliphatic carbocycles. The molecule has 4 amide bonds. The fraction of sp³-hybridized carbons (Fsp3) is 0.500. The summed E-state index contributed by atoms with van der Waals surface area (Å²) in [5, 5.41) is 2.04. The highest BCUT2D eigenvalue weighted by atomic mass is 32.2. The number of carbonyl (C=O) groups is 3. The number of imide groups is 1. The predicted octanol–water partition coefficient (Wildman–Crippen LogP) is 0.384. The molecular formula is C18H24N4O5S. The van der Waals surface area contributed by atoms with Crippen molar-refractivity contribution < 1.29 is 22.8 Å². The summed E-state index contributed by atoms with van der Waals surface area (Å²) in [6, 6.07) is 7.05. The summed E-state index contributed by atoms with van der Waals surface area (Å²) in [7, 11) is -3.35. The lowest BCUT2D eigenvalue weighted by Crippen LogP contribution is -2.52. The van der Waals surface area contributed by atoms with Gasteiger partial charge in [-0.15, -0.1) is 0 Å². The highest BCUT2D eigenvalue weighted by Gasteiger charge is 2.41. The van der Waals surface area contributed by atoms with Crippen LogP contribution >= 0.6 is 0 Å². The van der Waals surface area contributed by atoms with E-state index in [9.17, 15) is 22.8 Å². The van der Waals surface area contributed by atoms with Gasteiger partial charge < -0.3 is 10.2 Å². The molecule has 0 spiro atoms. The molecule has 1 atom stereocenters. The van der Waals surface area contributed by atoms with Crippen molar-refractivity contribution in [1.29, 1.82) is 0 Å². The van der Waals surface area contributed by atoms with Crippen molar-refractivity contribution in [3.05, 3.63) is 30.3 Å². The number of piperazine rings is 1. The van der Waals surface area contributed by atoms with Gasteiger partial charge in [0.15, 0.2) is 0 Å². The molecule has 2 heterocycles. The van der Waals surface area contributed by atoms with Gasteiger partial charge in [0.05, 0.1) is 17.4 Å². The van der Waals surface area contributed by atoms with Crippen LogP contribution in [0.1, 0.15) is 20.3 Å². The minimum atomic E-state index is -3.35. The van der Waals surface area contributed by atoms with Gasteiger partial charge in [-0.25, -0.2) is 18.1 Å². The van der Waals surface area contributed by atoms with E-state index in [0.717, 1.165) is 4.90 Å². The average Bonchev–Trinajstić information content (AvgIpc) is 2.95. The van der Waals surface area contributed by atoms with Gasteiger partial charge in [-0.2, -0.15) is 4.31 Å². The maximum absolute atomic E-state index is 12.6. The van der Waals surface area contributed by atoms with E-state index in [1.807, 2.05) is 0 Å². The summed E-state index contributed by atoms with van der Waals surface area (Å²) in [5.74, 6) is -0.749. The molecule has 0 radical (unpaired) electrons. The Labute approximate surface area is 164 Å². The molecule has 0 unspecified atom stereocenters. The molecule has 3 rings (SSSR count). The Balaban J connectivity index is 1.59. The van der Waals surface area contributed by atoms with Crippen LogP contribution in [0.4, 0.5) is 10.5 Å². The van der Waals surface area contributed by atoms with Gasteiger partial charge >= 0.3 is 6.03 Å². The molecule has 1 aromatic carbocycles. The van der Waals surface area contributed by atoms with Crippen molar-refractivity contribution in [3.8, 4) is 0 Å². The van der Waals surface area contributed by atoms with Crippen LogP contribution in [0, 0.1) is 0 Å². The van der Waals surface area contributed by atoms with E-state index in [2.05, 4.69) is 5.32 Å². The van der Waals surface area contributed by atoms with E-state index in [0.29, 0.717) is 5.69 Å². The van der Waals surface area contributed by atoms with Crippen molar-refractivity contribution in [2.24, 2.45) is 0 Å². The average molecular weight is 408 g/mol. The maximum atomic E-state index is 12.6. The Morgan fingerprint density at radius 2 is 1.71 bits per heavy atom. The van der Waals surface area contributed by atoms with E-state index in [1.165, 1.54) is 9.21 Å². The first-order valence-corrected chi connectivity index (χ1v) is 10.7. The number of benzene rings is 1. The smallest absolute Gasteiger partial charge is 0.329 e. The van der Waals surface area contributed by atoms with E-state index in [4.69, 9.17) is 0 Å². The van der Waals surface area contributed by atoms with E-state index < -0.39 is 33.3 Å². The largest absolute Gasteiger partial charge is 0.340 e. The number of para-hydroxylation sites is 1. The first-order chi connectivity index (χ1) is 13.2. The number of rotatable bonds is 5. The summed E-state index contributed by atoms with van der Waals surface area (Å²) in [4.78, 5) is 39.9. The van der Waals surface area contributed by atoms with E-state index in [1.54, 1.807) is 44.2 Å². The molecule has 0 bridgehead atoms. The lowest BCUT2D eigenvalue weighted by atomic mass is 10.1. The van der Waals surface area contributed by atoms with Crippen molar-refractivity contribution in [2.75, 3.05) is 31.1 Å². The molecule has 2 saturated heterocycles. The zero-order valence-corrected chi connectivity index (χ0v) is 16.7. The minimum Gasteiger partial charge on any atom is -0.340 e. The highest BCUT2D eigenvalue weighted by molar-refractivity contribution is 7.89. The van der Waals surface area contributed by atoms with Gasteiger partial charge in [0.2, 0.25) is 15.9 Å². The molecular weight excluding hydrogens is 384 g/mol. The number of hydrogen-bond donors (Lipinski definition) is 1. The molecule has 2 aliphatic heterocycles. The van der Waals surface area contributed by atoms with Gasteiger partial charge in [0, 0.05) is 26.2 Å². The van der Waals surface area contributed by atoms with Crippen molar-refractivity contribution in [2.45, 2.75) is 31.6 Å². The molecule has 152 valence electrons. The number of nitrogens with one attached hydrogen (secondary N) is 1. The van der Waals surface area contributed by atoms with Gasteiger partial charge in [-0.3, -0.25) is 9.59 Å². The number of sulfonamides is 1.